The van der Waals surface area contributed by atoms with Crippen LogP contribution in [0.5, 0.6) is 5.75 Å². The van der Waals surface area contributed by atoms with Gasteiger partial charge in [-0.3, -0.25) is 4.79 Å². The summed E-state index contributed by atoms with van der Waals surface area (Å²) in [6, 6.07) is 16.3. The lowest BCUT2D eigenvalue weighted by Gasteiger charge is -2.06. The highest BCUT2D eigenvalue weighted by Crippen LogP contribution is 2.16. The Kier molecular flexibility index (Phi) is 4.82. The maximum atomic E-state index is 12.2. The number of rotatable bonds is 5. The molecule has 1 heterocycles. The second-order valence-electron chi connectivity index (χ2n) is 5.29. The highest BCUT2D eigenvalue weighted by atomic mass is 35.5. The van der Waals surface area contributed by atoms with Crippen LogP contribution in [0, 0.1) is 6.92 Å². The van der Waals surface area contributed by atoms with Crippen molar-refractivity contribution in [3.05, 3.63) is 77.1 Å². The zero-order valence-corrected chi connectivity index (χ0v) is 13.8. The van der Waals surface area contributed by atoms with Crippen molar-refractivity contribution >= 4 is 23.2 Å². The van der Waals surface area contributed by atoms with Gasteiger partial charge >= 0.3 is 0 Å². The zero-order chi connectivity index (χ0) is 16.9. The summed E-state index contributed by atoms with van der Waals surface area (Å²) < 4.78 is 7.14. The Morgan fingerprint density at radius 1 is 1.12 bits per heavy atom. The summed E-state index contributed by atoms with van der Waals surface area (Å²) in [6.45, 7) is 2.20. The first-order valence-corrected chi connectivity index (χ1v) is 7.78. The molecule has 0 radical (unpaired) electrons. The Bertz CT molecular complexity index is 826. The van der Waals surface area contributed by atoms with Gasteiger partial charge in [0.05, 0.1) is 0 Å². The number of carbonyl (C=O) groups excluding carboxylic acids is 1. The topological polar surface area (TPSA) is 56.2 Å². The van der Waals surface area contributed by atoms with Crippen molar-refractivity contribution in [2.24, 2.45) is 0 Å². The summed E-state index contributed by atoms with van der Waals surface area (Å²) >= 11 is 5.82. The monoisotopic (exact) mass is 341 g/mol. The highest BCUT2D eigenvalue weighted by molar-refractivity contribution is 6.30. The van der Waals surface area contributed by atoms with Crippen LogP contribution < -0.4 is 10.1 Å². The second kappa shape index (κ2) is 7.19. The smallest absolute Gasteiger partial charge is 0.276 e. The minimum atomic E-state index is -0.260. The number of aryl methyl sites for hydroxylation is 1. The number of nitrogens with one attached hydrogen (secondary N) is 1. The Labute approximate surface area is 144 Å². The van der Waals surface area contributed by atoms with Gasteiger partial charge in [-0.15, -0.1) is 0 Å². The van der Waals surface area contributed by atoms with E-state index in [-0.39, 0.29) is 12.6 Å². The average molecular weight is 342 g/mol. The van der Waals surface area contributed by atoms with Crippen LogP contribution in [0.4, 0.5) is 5.69 Å². The predicted molar refractivity (Wildman–Crippen MR) is 93.4 cm³/mol. The molecule has 3 rings (SSSR count). The van der Waals surface area contributed by atoms with E-state index in [1.807, 2.05) is 31.2 Å². The number of amides is 1. The molecule has 0 aliphatic rings. The van der Waals surface area contributed by atoms with Crippen LogP contribution in [0.2, 0.25) is 5.02 Å². The van der Waals surface area contributed by atoms with Crippen molar-refractivity contribution in [2.75, 3.05) is 5.32 Å². The summed E-state index contributed by atoms with van der Waals surface area (Å²) in [5, 5.41) is 7.67. The maximum absolute atomic E-state index is 12.2. The van der Waals surface area contributed by atoms with Crippen molar-refractivity contribution in [2.45, 2.75) is 13.7 Å². The first-order valence-electron chi connectivity index (χ1n) is 7.40. The normalized spacial score (nSPS) is 10.4. The zero-order valence-electron chi connectivity index (χ0n) is 13.1. The van der Waals surface area contributed by atoms with Gasteiger partial charge in [-0.2, -0.15) is 5.10 Å². The van der Waals surface area contributed by atoms with Crippen LogP contribution in [0.1, 0.15) is 16.1 Å². The highest BCUT2D eigenvalue weighted by Gasteiger charge is 2.10. The fourth-order valence-electron chi connectivity index (χ4n) is 2.06. The number of benzene rings is 2. The number of hydrogen-bond donors (Lipinski definition) is 1. The molecule has 0 aliphatic carbocycles. The number of anilines is 1. The van der Waals surface area contributed by atoms with Gasteiger partial charge in [-0.1, -0.05) is 29.3 Å². The fourth-order valence-corrected chi connectivity index (χ4v) is 2.18. The quantitative estimate of drug-likeness (QED) is 0.759. The molecule has 1 N–H and O–H groups in total. The van der Waals surface area contributed by atoms with Crippen molar-refractivity contribution in [1.82, 2.24) is 9.78 Å². The molecule has 6 heteroatoms. The van der Waals surface area contributed by atoms with Crippen LogP contribution >= 0.6 is 11.6 Å². The van der Waals surface area contributed by atoms with Gasteiger partial charge in [-0.05, 0) is 49.4 Å². The first-order chi connectivity index (χ1) is 11.6. The predicted octanol–water partition coefficient (Wildman–Crippen LogP) is 4.13. The second-order valence-corrected chi connectivity index (χ2v) is 5.72. The fraction of sp³-hybridized carbons (Fsp3) is 0.111. The number of halogens is 1. The van der Waals surface area contributed by atoms with Crippen LogP contribution in [-0.4, -0.2) is 15.7 Å². The Balaban J connectivity index is 1.59. The molecule has 1 amide bonds. The minimum absolute atomic E-state index is 0.208. The van der Waals surface area contributed by atoms with E-state index in [9.17, 15) is 4.79 Å². The molecule has 24 heavy (non-hydrogen) atoms. The Hall–Kier alpha value is -2.79. The number of ether oxygens (including phenoxy) is 1. The van der Waals surface area contributed by atoms with Gasteiger partial charge in [0, 0.05) is 16.9 Å². The Morgan fingerprint density at radius 3 is 2.54 bits per heavy atom. The minimum Gasteiger partial charge on any atom is -0.471 e. The van der Waals surface area contributed by atoms with Gasteiger partial charge in [0.2, 0.25) is 0 Å². The van der Waals surface area contributed by atoms with E-state index >= 15 is 0 Å². The van der Waals surface area contributed by atoms with Crippen molar-refractivity contribution in [3.8, 4) is 5.75 Å². The molecule has 2 aromatic carbocycles. The lowest BCUT2D eigenvalue weighted by Crippen LogP contribution is -2.14. The van der Waals surface area contributed by atoms with Gasteiger partial charge in [0.1, 0.15) is 5.75 Å². The van der Waals surface area contributed by atoms with Gasteiger partial charge in [0.25, 0.3) is 5.91 Å². The molecule has 0 saturated heterocycles. The van der Waals surface area contributed by atoms with E-state index in [1.165, 1.54) is 0 Å². The molecule has 3 aromatic rings. The molecular formula is C18H16ClN3O2. The first kappa shape index (κ1) is 16.1. The van der Waals surface area contributed by atoms with Gasteiger partial charge < -0.3 is 10.1 Å². The third-order valence-electron chi connectivity index (χ3n) is 3.36. The largest absolute Gasteiger partial charge is 0.471 e. The van der Waals surface area contributed by atoms with Crippen LogP contribution in [0.15, 0.2) is 60.8 Å². The summed E-state index contributed by atoms with van der Waals surface area (Å²) in [4.78, 5) is 12.2. The van der Waals surface area contributed by atoms with Crippen molar-refractivity contribution in [3.63, 3.8) is 0 Å². The van der Waals surface area contributed by atoms with Crippen LogP contribution in [-0.2, 0) is 6.73 Å². The molecule has 0 aliphatic heterocycles. The van der Waals surface area contributed by atoms with E-state index in [0.29, 0.717) is 16.5 Å². The molecule has 1 aromatic heterocycles. The molecule has 5 nitrogen and oxygen atoms in total. The van der Waals surface area contributed by atoms with Crippen molar-refractivity contribution in [1.29, 1.82) is 0 Å². The molecule has 0 saturated carbocycles. The summed E-state index contributed by atoms with van der Waals surface area (Å²) in [6.07, 6.45) is 1.69. The van der Waals surface area contributed by atoms with Crippen LogP contribution in [0.3, 0.4) is 0 Å². The van der Waals surface area contributed by atoms with Gasteiger partial charge in [0.15, 0.2) is 12.4 Å². The standard InChI is InChI=1S/C18H16ClN3O2/c1-13-2-6-15(7-3-13)20-18(23)17-10-11-22(21-17)12-24-16-8-4-14(19)5-9-16/h2-11H,12H2,1H3,(H,20,23). The molecule has 0 fully saturated rings. The number of aromatic nitrogens is 2. The molecular weight excluding hydrogens is 326 g/mol. The number of nitrogens with zero attached hydrogens (tertiary/aromatic N) is 2. The maximum Gasteiger partial charge on any atom is 0.276 e. The third kappa shape index (κ3) is 4.14. The average Bonchev–Trinajstić information content (AvgIpc) is 3.06. The van der Waals surface area contributed by atoms with E-state index in [4.69, 9.17) is 16.3 Å². The molecule has 0 atom stereocenters. The van der Waals surface area contributed by atoms with Crippen LogP contribution in [0.25, 0.3) is 0 Å². The summed E-state index contributed by atoms with van der Waals surface area (Å²) in [5.41, 5.74) is 2.20. The van der Waals surface area contributed by atoms with E-state index in [1.54, 1.807) is 41.2 Å². The SMILES string of the molecule is Cc1ccc(NC(=O)c2ccn(COc3ccc(Cl)cc3)n2)cc1. The molecule has 0 unspecified atom stereocenters. The van der Waals surface area contributed by atoms with E-state index < -0.39 is 0 Å². The number of hydrogen-bond acceptors (Lipinski definition) is 3. The van der Waals surface area contributed by atoms with Crippen molar-refractivity contribution < 1.29 is 9.53 Å². The van der Waals surface area contributed by atoms with E-state index in [0.717, 1.165) is 11.3 Å². The summed E-state index contributed by atoms with van der Waals surface area (Å²) in [5.74, 6) is 0.421. The third-order valence-corrected chi connectivity index (χ3v) is 3.61. The van der Waals surface area contributed by atoms with Gasteiger partial charge in [-0.25, -0.2) is 4.68 Å². The van der Waals surface area contributed by atoms with E-state index in [2.05, 4.69) is 10.4 Å². The summed E-state index contributed by atoms with van der Waals surface area (Å²) in [7, 11) is 0. The number of carbonyl (C=O) groups is 1. The lowest BCUT2D eigenvalue weighted by molar-refractivity contribution is 0.102. The molecule has 0 bridgehead atoms. The molecule has 122 valence electrons. The Morgan fingerprint density at radius 2 is 1.83 bits per heavy atom. The lowest BCUT2D eigenvalue weighted by atomic mass is 10.2. The molecule has 0 spiro atoms.